The number of ether oxygens (including phenoxy) is 2. The van der Waals surface area contributed by atoms with Crippen LogP contribution in [0.15, 0.2) is 22.7 Å². The summed E-state index contributed by atoms with van der Waals surface area (Å²) in [4.78, 5) is 41.5. The number of carboxylic acid groups (broad SMARTS) is 1. The lowest BCUT2D eigenvalue weighted by Crippen LogP contribution is -2.31. The molecular weight excluding hydrogens is 566 g/mol. The minimum absolute atomic E-state index is 0.0339. The third-order valence-corrected chi connectivity index (χ3v) is 9.22. The van der Waals surface area contributed by atoms with Crippen molar-refractivity contribution in [3.8, 4) is 5.75 Å². The maximum Gasteiger partial charge on any atom is 0.341 e. The average molecular weight is 608 g/mol. The standard InChI is InChI=1S/C29H41N3O7S2/c1-5-6-7-8-9-10-23-31-26(32-39-23)21(12-14-25(35)38-29(2,3)4)30-27(36)19-11-13-22(37-18-24(33)34)20(17-19)28-40-15-16-41-28/h11,13,17,21,28H,5-10,12,14-16,18H2,1-4H3,(H,30,36)(H,33,34)/t21-/m0/s1. The number of hydrogen-bond donors (Lipinski definition) is 2. The molecule has 3 rings (SSSR count). The van der Waals surface area contributed by atoms with E-state index < -0.39 is 24.2 Å². The minimum Gasteiger partial charge on any atom is -0.482 e. The quantitative estimate of drug-likeness (QED) is 0.168. The highest BCUT2D eigenvalue weighted by atomic mass is 32.2. The number of aliphatic carboxylic acids is 1. The van der Waals surface area contributed by atoms with Crippen LogP contribution in [0.2, 0.25) is 0 Å². The number of hydrogen-bond acceptors (Lipinski definition) is 10. The number of aryl methyl sites for hydroxylation is 1. The van der Waals surface area contributed by atoms with Crippen LogP contribution in [0.5, 0.6) is 5.75 Å². The minimum atomic E-state index is -1.07. The number of nitrogens with zero attached hydrogens (tertiary/aromatic N) is 2. The zero-order valence-electron chi connectivity index (χ0n) is 24.3. The fourth-order valence-corrected chi connectivity index (χ4v) is 7.12. The number of nitrogens with one attached hydrogen (secondary N) is 1. The second kappa shape index (κ2) is 16.1. The second-order valence-electron chi connectivity index (χ2n) is 10.9. The van der Waals surface area contributed by atoms with E-state index in [1.54, 1.807) is 62.5 Å². The topological polar surface area (TPSA) is 141 Å². The molecule has 226 valence electrons. The van der Waals surface area contributed by atoms with E-state index in [2.05, 4.69) is 22.4 Å². The van der Waals surface area contributed by atoms with Gasteiger partial charge in [0.1, 0.15) is 11.4 Å². The number of thioether (sulfide) groups is 2. The zero-order chi connectivity index (χ0) is 29.8. The molecule has 1 aliphatic heterocycles. The van der Waals surface area contributed by atoms with Crippen LogP contribution in [-0.2, 0) is 20.7 Å². The lowest BCUT2D eigenvalue weighted by molar-refractivity contribution is -0.155. The van der Waals surface area contributed by atoms with Crippen LogP contribution in [0.3, 0.4) is 0 Å². The first-order chi connectivity index (χ1) is 19.6. The third-order valence-electron chi connectivity index (χ3n) is 6.15. The summed E-state index contributed by atoms with van der Waals surface area (Å²) in [5, 5.41) is 16.2. The highest BCUT2D eigenvalue weighted by Crippen LogP contribution is 2.48. The van der Waals surface area contributed by atoms with Gasteiger partial charge in [-0.15, -0.1) is 23.5 Å². The molecule has 1 atom stereocenters. The van der Waals surface area contributed by atoms with E-state index in [-0.39, 0.29) is 29.3 Å². The normalized spacial score (nSPS) is 14.5. The van der Waals surface area contributed by atoms with Crippen LogP contribution in [-0.4, -0.2) is 56.8 Å². The second-order valence-corrected chi connectivity index (χ2v) is 13.6. The Morgan fingerprint density at radius 2 is 1.88 bits per heavy atom. The van der Waals surface area contributed by atoms with E-state index in [0.717, 1.165) is 36.3 Å². The van der Waals surface area contributed by atoms with Gasteiger partial charge in [-0.05, 0) is 51.8 Å². The highest BCUT2D eigenvalue weighted by molar-refractivity contribution is 8.19. The molecule has 2 N–H and O–H groups in total. The molecule has 1 saturated heterocycles. The number of amides is 1. The SMILES string of the molecule is CCCCCCCc1nc([C@H](CCC(=O)OC(C)(C)C)NC(=O)c2ccc(OCC(=O)O)c(C3SCCS3)c2)no1. The third kappa shape index (κ3) is 11.2. The summed E-state index contributed by atoms with van der Waals surface area (Å²) >= 11 is 3.45. The van der Waals surface area contributed by atoms with Crippen LogP contribution in [0.4, 0.5) is 0 Å². The fraction of sp³-hybridized carbons (Fsp3) is 0.621. The van der Waals surface area contributed by atoms with Gasteiger partial charge in [-0.25, -0.2) is 4.79 Å². The molecule has 1 aromatic heterocycles. The van der Waals surface area contributed by atoms with Crippen molar-refractivity contribution in [1.29, 1.82) is 0 Å². The number of carbonyl (C=O) groups excluding carboxylic acids is 2. The van der Waals surface area contributed by atoms with Crippen molar-refractivity contribution in [2.45, 2.75) is 95.3 Å². The van der Waals surface area contributed by atoms with Gasteiger partial charge in [0.25, 0.3) is 5.91 Å². The van der Waals surface area contributed by atoms with Crippen molar-refractivity contribution in [2.75, 3.05) is 18.1 Å². The predicted octanol–water partition coefficient (Wildman–Crippen LogP) is 6.12. The fourth-order valence-electron chi connectivity index (χ4n) is 4.24. The molecule has 1 aromatic carbocycles. The molecule has 0 unspecified atom stereocenters. The summed E-state index contributed by atoms with van der Waals surface area (Å²) in [5.74, 6) is 1.35. The first kappa shape index (κ1) is 32.8. The van der Waals surface area contributed by atoms with E-state index in [4.69, 9.17) is 19.1 Å². The number of carbonyl (C=O) groups is 3. The van der Waals surface area contributed by atoms with Crippen molar-refractivity contribution in [2.24, 2.45) is 0 Å². The van der Waals surface area contributed by atoms with Gasteiger partial charge < -0.3 is 24.4 Å². The predicted molar refractivity (Wildman–Crippen MR) is 159 cm³/mol. The van der Waals surface area contributed by atoms with Gasteiger partial charge in [0, 0.05) is 35.5 Å². The molecular formula is C29H41N3O7S2. The number of aromatic nitrogens is 2. The van der Waals surface area contributed by atoms with Crippen molar-refractivity contribution >= 4 is 41.4 Å². The molecule has 0 radical (unpaired) electrons. The molecule has 0 aliphatic carbocycles. The summed E-state index contributed by atoms with van der Waals surface area (Å²) in [6, 6.07) is 4.30. The Hall–Kier alpha value is -2.73. The Morgan fingerprint density at radius 1 is 1.15 bits per heavy atom. The molecule has 10 nitrogen and oxygen atoms in total. The molecule has 1 fully saturated rings. The highest BCUT2D eigenvalue weighted by Gasteiger charge is 2.27. The van der Waals surface area contributed by atoms with Gasteiger partial charge >= 0.3 is 11.9 Å². The first-order valence-corrected chi connectivity index (χ1v) is 16.2. The van der Waals surface area contributed by atoms with Crippen LogP contribution >= 0.6 is 23.5 Å². The van der Waals surface area contributed by atoms with Crippen molar-refractivity contribution in [3.63, 3.8) is 0 Å². The first-order valence-electron chi connectivity index (χ1n) is 14.1. The van der Waals surface area contributed by atoms with E-state index in [1.807, 2.05) is 0 Å². The lowest BCUT2D eigenvalue weighted by atomic mass is 10.1. The Morgan fingerprint density at radius 3 is 2.56 bits per heavy atom. The summed E-state index contributed by atoms with van der Waals surface area (Å²) in [7, 11) is 0. The largest absolute Gasteiger partial charge is 0.482 e. The van der Waals surface area contributed by atoms with E-state index in [9.17, 15) is 14.4 Å². The van der Waals surface area contributed by atoms with Gasteiger partial charge in [-0.1, -0.05) is 37.8 Å². The molecule has 0 bridgehead atoms. The average Bonchev–Trinajstić information content (AvgIpc) is 3.61. The molecule has 0 spiro atoms. The van der Waals surface area contributed by atoms with E-state index >= 15 is 0 Å². The Kier molecular flexibility index (Phi) is 12.8. The number of carboxylic acids is 1. The molecule has 0 saturated carbocycles. The van der Waals surface area contributed by atoms with Crippen LogP contribution in [0.1, 0.15) is 111 Å². The van der Waals surface area contributed by atoms with Crippen LogP contribution < -0.4 is 10.1 Å². The summed E-state index contributed by atoms with van der Waals surface area (Å²) in [6.07, 6.45) is 6.49. The maximum atomic E-state index is 13.5. The number of benzene rings is 1. The van der Waals surface area contributed by atoms with Crippen molar-refractivity contribution < 1.29 is 33.5 Å². The Labute approximate surface area is 250 Å². The molecule has 41 heavy (non-hydrogen) atoms. The molecule has 2 aromatic rings. The lowest BCUT2D eigenvalue weighted by Gasteiger charge is -2.21. The van der Waals surface area contributed by atoms with Crippen molar-refractivity contribution in [1.82, 2.24) is 15.5 Å². The van der Waals surface area contributed by atoms with Gasteiger partial charge in [0.15, 0.2) is 12.4 Å². The van der Waals surface area contributed by atoms with E-state index in [1.165, 1.54) is 12.8 Å². The number of unbranched alkanes of at least 4 members (excludes halogenated alkanes) is 4. The number of rotatable bonds is 16. The summed E-state index contributed by atoms with van der Waals surface area (Å²) in [6.45, 7) is 7.12. The molecule has 12 heteroatoms. The number of esters is 1. The van der Waals surface area contributed by atoms with E-state index in [0.29, 0.717) is 29.4 Å². The Balaban J connectivity index is 1.76. The molecule has 2 heterocycles. The van der Waals surface area contributed by atoms with Gasteiger partial charge in [0.2, 0.25) is 5.89 Å². The summed E-state index contributed by atoms with van der Waals surface area (Å²) < 4.78 is 16.5. The molecule has 1 amide bonds. The van der Waals surface area contributed by atoms with Crippen LogP contribution in [0, 0.1) is 0 Å². The van der Waals surface area contributed by atoms with Gasteiger partial charge in [-0.3, -0.25) is 9.59 Å². The zero-order valence-corrected chi connectivity index (χ0v) is 25.9. The summed E-state index contributed by atoms with van der Waals surface area (Å²) in [5.41, 5.74) is 0.531. The maximum absolute atomic E-state index is 13.5. The van der Waals surface area contributed by atoms with Crippen molar-refractivity contribution in [3.05, 3.63) is 41.0 Å². The Bertz CT molecular complexity index is 1160. The molecule has 1 aliphatic rings. The van der Waals surface area contributed by atoms with Crippen LogP contribution in [0.25, 0.3) is 0 Å². The van der Waals surface area contributed by atoms with Gasteiger partial charge in [0.05, 0.1) is 10.6 Å². The monoisotopic (exact) mass is 607 g/mol. The smallest absolute Gasteiger partial charge is 0.341 e. The van der Waals surface area contributed by atoms with Gasteiger partial charge in [-0.2, -0.15) is 4.98 Å².